The van der Waals surface area contributed by atoms with Crippen molar-refractivity contribution < 1.29 is 9.13 Å². The average Bonchev–Trinajstić information content (AvgIpc) is 2.15. The number of hydrogen-bond donors (Lipinski definition) is 0. The fourth-order valence-electron chi connectivity index (χ4n) is 0.901. The molecule has 1 aromatic carbocycles. The quantitative estimate of drug-likeness (QED) is 0.536. The van der Waals surface area contributed by atoms with E-state index in [1.54, 1.807) is 24.3 Å². The summed E-state index contributed by atoms with van der Waals surface area (Å²) in [4.78, 5) is 0. The summed E-state index contributed by atoms with van der Waals surface area (Å²) < 4.78 is 18.1. The van der Waals surface area contributed by atoms with Gasteiger partial charge in [0, 0.05) is 5.56 Å². The molecule has 0 radical (unpaired) electrons. The van der Waals surface area contributed by atoms with Crippen LogP contribution in [0.4, 0.5) is 4.39 Å². The zero-order valence-corrected chi connectivity index (χ0v) is 7.80. The van der Waals surface area contributed by atoms with Gasteiger partial charge in [0.05, 0.1) is 6.61 Å². The summed E-state index contributed by atoms with van der Waals surface area (Å²) >= 11 is 5.78. The lowest BCUT2D eigenvalue weighted by Gasteiger charge is -2.10. The van der Waals surface area contributed by atoms with Crippen LogP contribution in [0.2, 0.25) is 0 Å². The fourth-order valence-corrected chi connectivity index (χ4v) is 1.15. The third-order valence-corrected chi connectivity index (χ3v) is 1.87. The zero-order chi connectivity index (χ0) is 9.68. The van der Waals surface area contributed by atoms with E-state index in [1.807, 2.05) is 0 Å². The van der Waals surface area contributed by atoms with Crippen molar-refractivity contribution in [1.82, 2.24) is 0 Å². The van der Waals surface area contributed by atoms with Gasteiger partial charge >= 0.3 is 0 Å². The number of ether oxygens (including phenoxy) is 1. The van der Waals surface area contributed by atoms with E-state index in [4.69, 9.17) is 16.3 Å². The summed E-state index contributed by atoms with van der Waals surface area (Å²) in [5.74, 6) is -0.355. The van der Waals surface area contributed by atoms with Gasteiger partial charge in [-0.25, -0.2) is 4.39 Å². The monoisotopic (exact) mass is 200 g/mol. The van der Waals surface area contributed by atoms with Gasteiger partial charge in [-0.1, -0.05) is 35.9 Å². The van der Waals surface area contributed by atoms with Gasteiger partial charge in [0.15, 0.2) is 5.56 Å². The van der Waals surface area contributed by atoms with Crippen molar-refractivity contribution >= 4 is 11.6 Å². The SMILES string of the molecule is C=CCOC(Cl)c1ccccc1F. The van der Waals surface area contributed by atoms with E-state index in [2.05, 4.69) is 6.58 Å². The lowest BCUT2D eigenvalue weighted by atomic mass is 10.2. The van der Waals surface area contributed by atoms with Crippen LogP contribution < -0.4 is 0 Å². The predicted octanol–water partition coefficient (Wildman–Crippen LogP) is 3.27. The molecule has 0 aliphatic heterocycles. The van der Waals surface area contributed by atoms with Crippen LogP contribution in [0.25, 0.3) is 0 Å². The molecule has 0 heterocycles. The summed E-state index contributed by atoms with van der Waals surface area (Å²) in [6.07, 6.45) is 1.57. The van der Waals surface area contributed by atoms with E-state index in [0.29, 0.717) is 12.2 Å². The Labute approximate surface area is 81.8 Å². The van der Waals surface area contributed by atoms with Gasteiger partial charge in [-0.15, -0.1) is 6.58 Å². The highest BCUT2D eigenvalue weighted by molar-refractivity contribution is 6.19. The molecule has 1 nitrogen and oxygen atoms in total. The summed E-state index contributed by atoms with van der Waals surface area (Å²) in [5, 5.41) is 0. The maximum absolute atomic E-state index is 13.1. The van der Waals surface area contributed by atoms with Crippen molar-refractivity contribution in [3.05, 3.63) is 48.3 Å². The van der Waals surface area contributed by atoms with Gasteiger partial charge in [-0.05, 0) is 6.07 Å². The maximum Gasteiger partial charge on any atom is 0.159 e. The lowest BCUT2D eigenvalue weighted by molar-refractivity contribution is 0.132. The van der Waals surface area contributed by atoms with Gasteiger partial charge < -0.3 is 4.74 Å². The summed E-state index contributed by atoms with van der Waals surface area (Å²) in [6.45, 7) is 3.78. The Morgan fingerprint density at radius 2 is 2.23 bits per heavy atom. The number of hydrogen-bond acceptors (Lipinski definition) is 1. The van der Waals surface area contributed by atoms with Crippen molar-refractivity contribution in [2.45, 2.75) is 5.56 Å². The largest absolute Gasteiger partial charge is 0.354 e. The van der Waals surface area contributed by atoms with E-state index < -0.39 is 5.56 Å². The molecule has 0 bridgehead atoms. The van der Waals surface area contributed by atoms with E-state index in [0.717, 1.165) is 0 Å². The van der Waals surface area contributed by atoms with Gasteiger partial charge in [0.25, 0.3) is 0 Å². The van der Waals surface area contributed by atoms with Crippen LogP contribution in [0.5, 0.6) is 0 Å². The first-order valence-electron chi connectivity index (χ1n) is 3.86. The summed E-state index contributed by atoms with van der Waals surface area (Å²) in [5.41, 5.74) is -0.398. The molecule has 70 valence electrons. The molecule has 1 unspecified atom stereocenters. The minimum absolute atomic E-state index is 0.308. The Morgan fingerprint density at radius 1 is 1.54 bits per heavy atom. The Hall–Kier alpha value is -0.860. The van der Waals surface area contributed by atoms with Crippen molar-refractivity contribution in [1.29, 1.82) is 0 Å². The minimum Gasteiger partial charge on any atom is -0.354 e. The smallest absolute Gasteiger partial charge is 0.159 e. The number of alkyl halides is 1. The Bertz CT molecular complexity index is 288. The predicted molar refractivity (Wildman–Crippen MR) is 51.1 cm³/mol. The molecule has 0 aliphatic rings. The number of benzene rings is 1. The fraction of sp³-hybridized carbons (Fsp3) is 0.200. The summed E-state index contributed by atoms with van der Waals surface area (Å²) in [7, 11) is 0. The minimum atomic E-state index is -0.751. The van der Waals surface area contributed by atoms with Gasteiger partial charge in [0.1, 0.15) is 5.82 Å². The molecule has 0 fully saturated rings. The second-order valence-electron chi connectivity index (χ2n) is 2.46. The van der Waals surface area contributed by atoms with Crippen LogP contribution in [0.15, 0.2) is 36.9 Å². The Kier molecular flexibility index (Phi) is 3.93. The topological polar surface area (TPSA) is 9.23 Å². The average molecular weight is 201 g/mol. The third-order valence-electron chi connectivity index (χ3n) is 1.51. The highest BCUT2D eigenvalue weighted by Gasteiger charge is 2.11. The molecule has 1 rings (SSSR count). The molecule has 13 heavy (non-hydrogen) atoms. The highest BCUT2D eigenvalue weighted by atomic mass is 35.5. The highest BCUT2D eigenvalue weighted by Crippen LogP contribution is 2.23. The maximum atomic E-state index is 13.1. The van der Waals surface area contributed by atoms with Crippen LogP contribution >= 0.6 is 11.6 Å². The van der Waals surface area contributed by atoms with E-state index >= 15 is 0 Å². The first-order chi connectivity index (χ1) is 6.25. The van der Waals surface area contributed by atoms with Gasteiger partial charge in [0.2, 0.25) is 0 Å². The molecule has 3 heteroatoms. The molecule has 0 saturated heterocycles. The van der Waals surface area contributed by atoms with Gasteiger partial charge in [-0.2, -0.15) is 0 Å². The van der Waals surface area contributed by atoms with E-state index in [-0.39, 0.29) is 5.82 Å². The molecule has 0 aliphatic carbocycles. The van der Waals surface area contributed by atoms with Crippen molar-refractivity contribution in [3.8, 4) is 0 Å². The van der Waals surface area contributed by atoms with Crippen LogP contribution in [0, 0.1) is 5.82 Å². The van der Waals surface area contributed by atoms with Crippen LogP contribution in [-0.2, 0) is 4.74 Å². The molecule has 0 amide bonds. The summed E-state index contributed by atoms with van der Waals surface area (Å²) in [6, 6.07) is 6.26. The molecular weight excluding hydrogens is 191 g/mol. The molecule has 0 N–H and O–H groups in total. The van der Waals surface area contributed by atoms with E-state index in [9.17, 15) is 4.39 Å². The lowest BCUT2D eigenvalue weighted by Crippen LogP contribution is -1.99. The Balaban J connectivity index is 2.70. The van der Waals surface area contributed by atoms with Crippen molar-refractivity contribution in [2.24, 2.45) is 0 Å². The number of halogens is 2. The van der Waals surface area contributed by atoms with E-state index in [1.165, 1.54) is 6.07 Å². The molecule has 0 aromatic heterocycles. The van der Waals surface area contributed by atoms with Crippen LogP contribution in [-0.4, -0.2) is 6.61 Å². The second kappa shape index (κ2) is 5.00. The zero-order valence-electron chi connectivity index (χ0n) is 7.04. The van der Waals surface area contributed by atoms with Crippen LogP contribution in [0.1, 0.15) is 11.1 Å². The second-order valence-corrected chi connectivity index (χ2v) is 2.86. The standard InChI is InChI=1S/C10H10ClFO/c1-2-7-13-10(11)8-5-3-4-6-9(8)12/h2-6,10H,1,7H2. The van der Waals surface area contributed by atoms with Crippen LogP contribution in [0.3, 0.4) is 0 Å². The third kappa shape index (κ3) is 2.83. The molecule has 1 aromatic rings. The molecule has 0 spiro atoms. The Morgan fingerprint density at radius 3 is 2.85 bits per heavy atom. The molecular formula is C10H10ClFO. The van der Waals surface area contributed by atoms with Crippen molar-refractivity contribution in [3.63, 3.8) is 0 Å². The molecule has 0 saturated carbocycles. The normalized spacial score (nSPS) is 12.5. The molecule has 1 atom stereocenters. The number of rotatable bonds is 4. The van der Waals surface area contributed by atoms with Crippen molar-refractivity contribution in [2.75, 3.05) is 6.61 Å². The van der Waals surface area contributed by atoms with Gasteiger partial charge in [-0.3, -0.25) is 0 Å². The first kappa shape index (κ1) is 10.2. The first-order valence-corrected chi connectivity index (χ1v) is 4.30.